The number of sulfonamides is 1. The highest BCUT2D eigenvalue weighted by Gasteiger charge is 2.30. The van der Waals surface area contributed by atoms with Crippen LogP contribution in [0.25, 0.3) is 10.8 Å². The molecule has 0 bridgehead atoms. The summed E-state index contributed by atoms with van der Waals surface area (Å²) in [7, 11) is -2.27. The molecule has 1 fully saturated rings. The lowest BCUT2D eigenvalue weighted by atomic mass is 10.1. The minimum absolute atomic E-state index is 0.0265. The van der Waals surface area contributed by atoms with Gasteiger partial charge in [-0.25, -0.2) is 8.42 Å². The van der Waals surface area contributed by atoms with Gasteiger partial charge in [0.1, 0.15) is 4.90 Å². The maximum absolute atomic E-state index is 13.2. The Hall–Kier alpha value is -2.16. The Morgan fingerprint density at radius 1 is 0.968 bits per heavy atom. The van der Waals surface area contributed by atoms with Crippen LogP contribution >= 0.6 is 23.2 Å². The fraction of sp³-hybridized carbons (Fsp3) is 0.227. The van der Waals surface area contributed by atoms with Gasteiger partial charge in [-0.05, 0) is 35.0 Å². The summed E-state index contributed by atoms with van der Waals surface area (Å²) in [5.74, 6) is -0.435. The molecule has 0 aromatic heterocycles. The molecule has 9 heteroatoms. The van der Waals surface area contributed by atoms with Crippen LogP contribution in [0.1, 0.15) is 10.4 Å². The Kier molecular flexibility index (Phi) is 6.23. The zero-order valence-electron chi connectivity index (χ0n) is 16.7. The maximum atomic E-state index is 13.2. The van der Waals surface area contributed by atoms with Crippen molar-refractivity contribution in [3.8, 4) is 0 Å². The first-order valence-corrected chi connectivity index (χ1v) is 11.8. The van der Waals surface area contributed by atoms with E-state index < -0.39 is 15.9 Å². The number of carbonyl (C=O) groups excluding carboxylic acids is 1. The van der Waals surface area contributed by atoms with Crippen molar-refractivity contribution in [3.63, 3.8) is 0 Å². The Bertz CT molecular complexity index is 1260. The Morgan fingerprint density at radius 2 is 1.65 bits per heavy atom. The van der Waals surface area contributed by atoms with E-state index in [2.05, 4.69) is 0 Å². The van der Waals surface area contributed by atoms with E-state index in [-0.39, 0.29) is 33.6 Å². The van der Waals surface area contributed by atoms with Crippen LogP contribution in [0.3, 0.4) is 0 Å². The molecule has 162 valence electrons. The minimum Gasteiger partial charge on any atom is -0.379 e. The number of rotatable bonds is 4. The van der Waals surface area contributed by atoms with Gasteiger partial charge in [-0.1, -0.05) is 53.5 Å². The number of carbonyl (C=O) groups is 1. The van der Waals surface area contributed by atoms with E-state index in [9.17, 15) is 13.2 Å². The molecule has 1 saturated heterocycles. The molecular formula is C22H20Cl2N2O4S. The van der Waals surface area contributed by atoms with Gasteiger partial charge in [0.2, 0.25) is 10.0 Å². The summed E-state index contributed by atoms with van der Waals surface area (Å²) in [5.41, 5.74) is 0.723. The summed E-state index contributed by atoms with van der Waals surface area (Å²) in [6, 6.07) is 16.0. The SMILES string of the molecule is CN(C(=O)c1cc(S(=O)(=O)N2CCOCC2)c(Cl)cc1Cl)c1ccc2ccccc2c1. The molecule has 0 saturated carbocycles. The van der Waals surface area contributed by atoms with Crippen molar-refractivity contribution in [2.75, 3.05) is 38.3 Å². The quantitative estimate of drug-likeness (QED) is 0.555. The number of halogens is 2. The van der Waals surface area contributed by atoms with Crippen LogP contribution in [0.5, 0.6) is 0 Å². The molecule has 0 aliphatic carbocycles. The van der Waals surface area contributed by atoms with Crippen molar-refractivity contribution < 1.29 is 17.9 Å². The number of benzene rings is 3. The van der Waals surface area contributed by atoms with Crippen molar-refractivity contribution in [1.29, 1.82) is 0 Å². The molecule has 1 aliphatic rings. The van der Waals surface area contributed by atoms with E-state index in [1.807, 2.05) is 42.5 Å². The van der Waals surface area contributed by atoms with Gasteiger partial charge in [-0.2, -0.15) is 4.31 Å². The van der Waals surface area contributed by atoms with Gasteiger partial charge >= 0.3 is 0 Å². The zero-order valence-corrected chi connectivity index (χ0v) is 19.0. The summed E-state index contributed by atoms with van der Waals surface area (Å²) in [4.78, 5) is 14.5. The number of nitrogens with zero attached hydrogens (tertiary/aromatic N) is 2. The van der Waals surface area contributed by atoms with Gasteiger partial charge in [0.15, 0.2) is 0 Å². The van der Waals surface area contributed by atoms with Gasteiger partial charge in [-0.15, -0.1) is 0 Å². The highest BCUT2D eigenvalue weighted by atomic mass is 35.5. The first kappa shape index (κ1) is 22.0. The third-order valence-corrected chi connectivity index (χ3v) is 7.94. The second-order valence-corrected chi connectivity index (χ2v) is 9.90. The predicted octanol–water partition coefficient (Wildman–Crippen LogP) is 4.44. The Labute approximate surface area is 191 Å². The zero-order chi connectivity index (χ0) is 22.2. The second-order valence-electron chi connectivity index (χ2n) is 7.17. The van der Waals surface area contributed by atoms with Gasteiger partial charge in [0, 0.05) is 25.8 Å². The monoisotopic (exact) mass is 478 g/mol. The summed E-state index contributed by atoms with van der Waals surface area (Å²) < 4.78 is 32.7. The average molecular weight is 479 g/mol. The smallest absolute Gasteiger partial charge is 0.259 e. The Balaban J connectivity index is 1.71. The van der Waals surface area contributed by atoms with Crippen LogP contribution < -0.4 is 4.90 Å². The van der Waals surface area contributed by atoms with Crippen LogP contribution in [0.2, 0.25) is 10.0 Å². The molecule has 0 radical (unpaired) electrons. The van der Waals surface area contributed by atoms with Gasteiger partial charge in [0.05, 0.1) is 28.8 Å². The molecule has 3 aromatic rings. The van der Waals surface area contributed by atoms with Crippen molar-refractivity contribution >= 4 is 55.6 Å². The highest BCUT2D eigenvalue weighted by Crippen LogP contribution is 2.32. The number of hydrogen-bond acceptors (Lipinski definition) is 4. The predicted molar refractivity (Wildman–Crippen MR) is 123 cm³/mol. The molecule has 31 heavy (non-hydrogen) atoms. The molecule has 0 spiro atoms. The number of ether oxygens (including phenoxy) is 1. The topological polar surface area (TPSA) is 66.9 Å². The summed E-state index contributed by atoms with van der Waals surface area (Å²) in [6.07, 6.45) is 0. The van der Waals surface area contributed by atoms with E-state index in [1.165, 1.54) is 21.3 Å². The molecule has 6 nitrogen and oxygen atoms in total. The number of morpholine rings is 1. The van der Waals surface area contributed by atoms with Crippen LogP contribution in [0, 0.1) is 0 Å². The van der Waals surface area contributed by atoms with E-state index >= 15 is 0 Å². The molecule has 0 unspecified atom stereocenters. The van der Waals surface area contributed by atoms with Crippen LogP contribution in [-0.2, 0) is 14.8 Å². The van der Waals surface area contributed by atoms with E-state index in [4.69, 9.17) is 27.9 Å². The molecule has 1 amide bonds. The number of anilines is 1. The lowest BCUT2D eigenvalue weighted by molar-refractivity contribution is 0.0730. The number of fused-ring (bicyclic) bond motifs is 1. The van der Waals surface area contributed by atoms with E-state index in [1.54, 1.807) is 7.05 Å². The fourth-order valence-corrected chi connectivity index (χ4v) is 5.74. The molecule has 0 N–H and O–H groups in total. The summed E-state index contributed by atoms with van der Waals surface area (Å²) >= 11 is 12.5. The summed E-state index contributed by atoms with van der Waals surface area (Å²) in [6.45, 7) is 1.06. The van der Waals surface area contributed by atoms with E-state index in [0.717, 1.165) is 10.8 Å². The lowest BCUT2D eigenvalue weighted by Gasteiger charge is -2.27. The molecule has 1 aliphatic heterocycles. The minimum atomic E-state index is -3.89. The van der Waals surface area contributed by atoms with Gasteiger partial charge in [-0.3, -0.25) is 4.79 Å². The highest BCUT2D eigenvalue weighted by molar-refractivity contribution is 7.89. The maximum Gasteiger partial charge on any atom is 0.259 e. The van der Waals surface area contributed by atoms with Crippen molar-refractivity contribution in [3.05, 3.63) is 70.2 Å². The largest absolute Gasteiger partial charge is 0.379 e. The normalized spacial score (nSPS) is 15.2. The van der Waals surface area contributed by atoms with E-state index in [0.29, 0.717) is 18.9 Å². The standard InChI is InChI=1S/C22H20Cl2N2O4S/c1-25(17-7-6-15-4-2-3-5-16(15)12-17)22(27)18-13-21(20(24)14-19(18)23)31(28,29)26-8-10-30-11-9-26/h2-7,12-14H,8-11H2,1H3. The molecule has 4 rings (SSSR count). The van der Waals surface area contributed by atoms with Crippen molar-refractivity contribution in [1.82, 2.24) is 4.31 Å². The van der Waals surface area contributed by atoms with Crippen LogP contribution in [-0.4, -0.2) is 52.0 Å². The fourth-order valence-electron chi connectivity index (χ4n) is 3.50. The summed E-state index contributed by atoms with van der Waals surface area (Å²) in [5, 5.41) is 2.10. The lowest BCUT2D eigenvalue weighted by Crippen LogP contribution is -2.40. The molecular weight excluding hydrogens is 459 g/mol. The van der Waals surface area contributed by atoms with Gasteiger partial charge < -0.3 is 9.64 Å². The van der Waals surface area contributed by atoms with Crippen LogP contribution in [0.15, 0.2) is 59.5 Å². The van der Waals surface area contributed by atoms with Crippen molar-refractivity contribution in [2.45, 2.75) is 4.90 Å². The molecule has 0 atom stereocenters. The number of hydrogen-bond donors (Lipinski definition) is 0. The number of amides is 1. The van der Waals surface area contributed by atoms with Crippen LogP contribution in [0.4, 0.5) is 5.69 Å². The third-order valence-electron chi connectivity index (χ3n) is 5.26. The molecule has 1 heterocycles. The average Bonchev–Trinajstić information content (AvgIpc) is 2.78. The molecule has 3 aromatic carbocycles. The van der Waals surface area contributed by atoms with Crippen molar-refractivity contribution in [2.24, 2.45) is 0 Å². The Morgan fingerprint density at radius 3 is 2.35 bits per heavy atom. The second kappa shape index (κ2) is 8.76. The van der Waals surface area contributed by atoms with Gasteiger partial charge in [0.25, 0.3) is 5.91 Å². The third kappa shape index (κ3) is 4.29. The first-order valence-electron chi connectivity index (χ1n) is 9.63. The first-order chi connectivity index (χ1) is 14.8.